The fourth-order valence-electron chi connectivity index (χ4n) is 2.12. The van der Waals surface area contributed by atoms with Crippen molar-refractivity contribution in [2.75, 3.05) is 19.6 Å². The lowest BCUT2D eigenvalue weighted by Gasteiger charge is -2.21. The first-order chi connectivity index (χ1) is 11.8. The van der Waals surface area contributed by atoms with E-state index >= 15 is 0 Å². The highest BCUT2D eigenvalue weighted by Gasteiger charge is 2.14. The number of hydrogen-bond donors (Lipinski definition) is 3. The number of rotatable bonds is 8. The third-order valence-electron chi connectivity index (χ3n) is 3.24. The van der Waals surface area contributed by atoms with Gasteiger partial charge in [0.15, 0.2) is 5.96 Å². The van der Waals surface area contributed by atoms with E-state index in [-0.39, 0.29) is 24.1 Å². The first-order valence-electron chi connectivity index (χ1n) is 8.89. The number of carbonyl (C=O) groups excluding carboxylic acids is 1. The average molecular weight is 348 g/mol. The Balaban J connectivity index is 2.54. The van der Waals surface area contributed by atoms with E-state index in [2.05, 4.69) is 27.9 Å². The molecule has 0 fully saturated rings. The molecule has 6 heteroatoms. The standard InChI is InChI=1S/C19H32N4O2/c1-6-15(25-16-11-9-8-10-12-16)13-21-18(20-7-2)22-14-17(24)23-19(3,4)5/h8-12,15H,6-7,13-14H2,1-5H3,(H,23,24)(H2,20,21,22). The van der Waals surface area contributed by atoms with Gasteiger partial charge in [-0.05, 0) is 46.2 Å². The van der Waals surface area contributed by atoms with E-state index < -0.39 is 0 Å². The molecule has 1 atom stereocenters. The first-order valence-corrected chi connectivity index (χ1v) is 8.89. The van der Waals surface area contributed by atoms with Crippen molar-refractivity contribution >= 4 is 11.9 Å². The highest BCUT2D eigenvalue weighted by Crippen LogP contribution is 2.11. The molecule has 0 heterocycles. The van der Waals surface area contributed by atoms with Crippen molar-refractivity contribution in [3.8, 4) is 5.75 Å². The van der Waals surface area contributed by atoms with Crippen molar-refractivity contribution in [1.29, 1.82) is 0 Å². The number of hydrogen-bond acceptors (Lipinski definition) is 3. The molecule has 1 aromatic rings. The Hall–Kier alpha value is -2.24. The van der Waals surface area contributed by atoms with E-state index in [1.165, 1.54) is 0 Å². The van der Waals surface area contributed by atoms with Gasteiger partial charge in [0, 0.05) is 12.1 Å². The van der Waals surface area contributed by atoms with Crippen LogP contribution in [0.5, 0.6) is 5.75 Å². The first kappa shape index (κ1) is 20.8. The Labute approximate surface area is 151 Å². The van der Waals surface area contributed by atoms with E-state index in [9.17, 15) is 4.79 Å². The van der Waals surface area contributed by atoms with Crippen LogP contribution in [0.4, 0.5) is 0 Å². The van der Waals surface area contributed by atoms with Crippen LogP contribution in [0.1, 0.15) is 41.0 Å². The summed E-state index contributed by atoms with van der Waals surface area (Å²) in [5.41, 5.74) is -0.255. The summed E-state index contributed by atoms with van der Waals surface area (Å²) in [6.07, 6.45) is 0.890. The van der Waals surface area contributed by atoms with Crippen molar-refractivity contribution in [3.05, 3.63) is 30.3 Å². The van der Waals surface area contributed by atoms with Crippen molar-refractivity contribution in [2.45, 2.75) is 52.7 Å². The predicted octanol–water partition coefficient (Wildman–Crippen LogP) is 2.31. The molecule has 0 aliphatic rings. The molecule has 0 spiro atoms. The van der Waals surface area contributed by atoms with E-state index in [0.29, 0.717) is 12.5 Å². The lowest BCUT2D eigenvalue weighted by Crippen LogP contribution is -2.44. The minimum atomic E-state index is -0.255. The molecule has 0 saturated heterocycles. The summed E-state index contributed by atoms with van der Waals surface area (Å²) >= 11 is 0. The van der Waals surface area contributed by atoms with Crippen molar-refractivity contribution in [2.24, 2.45) is 4.99 Å². The molecule has 3 N–H and O–H groups in total. The van der Waals surface area contributed by atoms with Crippen LogP contribution >= 0.6 is 0 Å². The minimum Gasteiger partial charge on any atom is -0.489 e. The molecule has 0 radical (unpaired) electrons. The number of aliphatic imine (C=N–C) groups is 1. The third-order valence-corrected chi connectivity index (χ3v) is 3.24. The smallest absolute Gasteiger partial charge is 0.242 e. The second-order valence-electron chi connectivity index (χ2n) is 6.84. The van der Waals surface area contributed by atoms with Crippen molar-refractivity contribution in [1.82, 2.24) is 16.0 Å². The summed E-state index contributed by atoms with van der Waals surface area (Å²) in [6, 6.07) is 9.76. The summed E-state index contributed by atoms with van der Waals surface area (Å²) < 4.78 is 5.96. The van der Waals surface area contributed by atoms with Gasteiger partial charge in [0.2, 0.25) is 5.91 Å². The molecule has 0 bridgehead atoms. The van der Waals surface area contributed by atoms with Crippen LogP contribution < -0.4 is 20.7 Å². The molecule has 1 rings (SSSR count). The monoisotopic (exact) mass is 348 g/mol. The predicted molar refractivity (Wildman–Crippen MR) is 103 cm³/mol. The van der Waals surface area contributed by atoms with E-state index in [4.69, 9.17) is 4.74 Å². The summed E-state index contributed by atoms with van der Waals surface area (Å²) in [6.45, 7) is 11.3. The van der Waals surface area contributed by atoms with Gasteiger partial charge in [-0.1, -0.05) is 25.1 Å². The van der Waals surface area contributed by atoms with Gasteiger partial charge in [0.05, 0.1) is 6.54 Å². The number of amides is 1. The molecule has 1 unspecified atom stereocenters. The second kappa shape index (κ2) is 10.6. The van der Waals surface area contributed by atoms with Gasteiger partial charge in [-0.3, -0.25) is 4.79 Å². The van der Waals surface area contributed by atoms with Crippen LogP contribution in [0.3, 0.4) is 0 Å². The highest BCUT2D eigenvalue weighted by atomic mass is 16.5. The lowest BCUT2D eigenvalue weighted by molar-refractivity contribution is -0.121. The molecule has 0 aliphatic heterocycles. The minimum absolute atomic E-state index is 0.0228. The van der Waals surface area contributed by atoms with Crippen LogP contribution in [-0.2, 0) is 4.79 Å². The van der Waals surface area contributed by atoms with Gasteiger partial charge < -0.3 is 20.7 Å². The van der Waals surface area contributed by atoms with Crippen LogP contribution in [0.25, 0.3) is 0 Å². The zero-order valence-electron chi connectivity index (χ0n) is 16.1. The Morgan fingerprint density at radius 1 is 1.16 bits per heavy atom. The van der Waals surface area contributed by atoms with E-state index in [0.717, 1.165) is 18.7 Å². The number of benzene rings is 1. The number of nitrogens with one attached hydrogen (secondary N) is 3. The van der Waals surface area contributed by atoms with Crippen LogP contribution in [0.2, 0.25) is 0 Å². The molecular weight excluding hydrogens is 316 g/mol. The molecule has 1 amide bonds. The Morgan fingerprint density at radius 2 is 1.84 bits per heavy atom. The quantitative estimate of drug-likeness (QED) is 0.498. The van der Waals surface area contributed by atoms with E-state index in [1.54, 1.807) is 0 Å². The Bertz CT molecular complexity index is 538. The van der Waals surface area contributed by atoms with Gasteiger partial charge in [0.1, 0.15) is 18.4 Å². The maximum Gasteiger partial charge on any atom is 0.242 e. The summed E-state index contributed by atoms with van der Waals surface area (Å²) in [5, 5.41) is 9.29. The van der Waals surface area contributed by atoms with E-state index in [1.807, 2.05) is 58.0 Å². The molecule has 140 valence electrons. The number of nitrogens with zero attached hydrogens (tertiary/aromatic N) is 1. The fraction of sp³-hybridized carbons (Fsp3) is 0.579. The number of para-hydroxylation sites is 1. The largest absolute Gasteiger partial charge is 0.489 e. The maximum atomic E-state index is 11.9. The molecule has 0 aromatic heterocycles. The Kier molecular flexibility index (Phi) is 8.81. The number of carbonyl (C=O) groups is 1. The van der Waals surface area contributed by atoms with Gasteiger partial charge in [0.25, 0.3) is 0 Å². The van der Waals surface area contributed by atoms with Gasteiger partial charge in [-0.2, -0.15) is 0 Å². The third kappa shape index (κ3) is 9.59. The number of guanidine groups is 1. The molecular formula is C19H32N4O2. The summed E-state index contributed by atoms with van der Waals surface area (Å²) in [5.74, 6) is 1.36. The van der Waals surface area contributed by atoms with Gasteiger partial charge >= 0.3 is 0 Å². The molecule has 6 nitrogen and oxygen atoms in total. The van der Waals surface area contributed by atoms with Crippen molar-refractivity contribution < 1.29 is 9.53 Å². The maximum absolute atomic E-state index is 11.9. The lowest BCUT2D eigenvalue weighted by atomic mass is 10.1. The van der Waals surface area contributed by atoms with Crippen LogP contribution in [0, 0.1) is 0 Å². The van der Waals surface area contributed by atoms with Crippen LogP contribution in [-0.4, -0.2) is 43.1 Å². The molecule has 25 heavy (non-hydrogen) atoms. The van der Waals surface area contributed by atoms with Gasteiger partial charge in [-0.25, -0.2) is 4.99 Å². The zero-order chi connectivity index (χ0) is 18.7. The van der Waals surface area contributed by atoms with Crippen LogP contribution in [0.15, 0.2) is 35.3 Å². The zero-order valence-corrected chi connectivity index (χ0v) is 16.1. The number of ether oxygens (including phenoxy) is 1. The second-order valence-corrected chi connectivity index (χ2v) is 6.84. The molecule has 0 saturated carbocycles. The SMILES string of the molecule is CCNC(=NCC(=O)NC(C)(C)C)NCC(CC)Oc1ccccc1. The Morgan fingerprint density at radius 3 is 2.40 bits per heavy atom. The average Bonchev–Trinajstić information content (AvgIpc) is 2.55. The topological polar surface area (TPSA) is 74.8 Å². The normalized spacial score (nSPS) is 13.1. The summed E-state index contributed by atoms with van der Waals surface area (Å²) in [7, 11) is 0. The summed E-state index contributed by atoms with van der Waals surface area (Å²) in [4.78, 5) is 16.2. The van der Waals surface area contributed by atoms with Crippen molar-refractivity contribution in [3.63, 3.8) is 0 Å². The fourth-order valence-corrected chi connectivity index (χ4v) is 2.12. The van der Waals surface area contributed by atoms with Gasteiger partial charge in [-0.15, -0.1) is 0 Å². The highest BCUT2D eigenvalue weighted by molar-refractivity contribution is 5.85. The molecule has 0 aliphatic carbocycles. The molecule has 1 aromatic carbocycles.